The molecule has 1 aliphatic rings. The lowest BCUT2D eigenvalue weighted by Gasteiger charge is -2.06. The Morgan fingerprint density at radius 3 is 2.75 bits per heavy atom. The minimum Gasteiger partial charge on any atom is -0.461 e. The van der Waals surface area contributed by atoms with Crippen LogP contribution < -0.4 is 5.32 Å². The summed E-state index contributed by atoms with van der Waals surface area (Å²) >= 11 is 11.8. The van der Waals surface area contributed by atoms with Crippen LogP contribution >= 0.6 is 23.2 Å². The van der Waals surface area contributed by atoms with Crippen molar-refractivity contribution in [3.05, 3.63) is 57.5 Å². The fraction of sp³-hybridized carbons (Fsp3) is 0.222. The number of amides is 1. The van der Waals surface area contributed by atoms with Gasteiger partial charge in [-0.1, -0.05) is 30.1 Å². The van der Waals surface area contributed by atoms with E-state index >= 15 is 0 Å². The van der Waals surface area contributed by atoms with Crippen molar-refractivity contribution in [2.75, 3.05) is 5.32 Å². The molecular weight excluding hydrogens is 347 g/mol. The van der Waals surface area contributed by atoms with E-state index < -0.39 is 5.91 Å². The molecule has 1 saturated carbocycles. The molecule has 24 heavy (non-hydrogen) atoms. The number of nitrogens with zero attached hydrogens (tertiary/aromatic N) is 1. The Morgan fingerprint density at radius 2 is 2.12 bits per heavy atom. The van der Waals surface area contributed by atoms with Crippen LogP contribution in [0.15, 0.2) is 40.3 Å². The first-order chi connectivity index (χ1) is 11.5. The molecule has 0 unspecified atom stereocenters. The van der Waals surface area contributed by atoms with Crippen molar-refractivity contribution in [1.29, 1.82) is 5.26 Å². The fourth-order valence-corrected chi connectivity index (χ4v) is 2.89. The molecule has 2 aromatic rings. The molecule has 0 saturated heterocycles. The number of anilines is 1. The van der Waals surface area contributed by atoms with Gasteiger partial charge in [0.05, 0.1) is 10.7 Å². The minimum absolute atomic E-state index is 0.0641. The van der Waals surface area contributed by atoms with E-state index in [4.69, 9.17) is 27.6 Å². The smallest absolute Gasteiger partial charge is 0.266 e. The summed E-state index contributed by atoms with van der Waals surface area (Å²) < 4.78 is 5.70. The fourth-order valence-electron chi connectivity index (χ4n) is 2.44. The quantitative estimate of drug-likeness (QED) is 0.597. The molecule has 0 radical (unpaired) electrons. The summed E-state index contributed by atoms with van der Waals surface area (Å²) in [5.74, 6) is 1.89. The van der Waals surface area contributed by atoms with Gasteiger partial charge in [0.15, 0.2) is 0 Å². The number of furan rings is 1. The average Bonchev–Trinajstić information content (AvgIpc) is 3.09. The van der Waals surface area contributed by atoms with Gasteiger partial charge >= 0.3 is 0 Å². The first-order valence-corrected chi connectivity index (χ1v) is 8.21. The molecular formula is C18H14Cl2N2O2. The Balaban J connectivity index is 1.76. The Morgan fingerprint density at radius 1 is 1.38 bits per heavy atom. The zero-order chi connectivity index (χ0) is 17.3. The maximum absolute atomic E-state index is 12.3. The highest BCUT2D eigenvalue weighted by Crippen LogP contribution is 2.47. The number of hydrogen-bond acceptors (Lipinski definition) is 3. The maximum Gasteiger partial charge on any atom is 0.266 e. The van der Waals surface area contributed by atoms with Gasteiger partial charge in [0.2, 0.25) is 0 Å². The van der Waals surface area contributed by atoms with E-state index in [1.807, 2.05) is 12.1 Å². The summed E-state index contributed by atoms with van der Waals surface area (Å²) in [5, 5.41) is 12.6. The molecule has 1 N–H and O–H groups in total. The highest BCUT2D eigenvalue weighted by Gasteiger charge is 2.36. The second-order valence-corrected chi connectivity index (χ2v) is 6.65. The van der Waals surface area contributed by atoms with Crippen LogP contribution in [0.5, 0.6) is 0 Å². The topological polar surface area (TPSA) is 66.0 Å². The van der Waals surface area contributed by atoms with Gasteiger partial charge < -0.3 is 9.73 Å². The van der Waals surface area contributed by atoms with Crippen LogP contribution in [-0.2, 0) is 4.79 Å². The van der Waals surface area contributed by atoms with Crippen LogP contribution in [0.2, 0.25) is 10.0 Å². The lowest BCUT2D eigenvalue weighted by Crippen LogP contribution is -2.13. The third-order valence-corrected chi connectivity index (χ3v) is 4.50. The van der Waals surface area contributed by atoms with Crippen molar-refractivity contribution in [2.45, 2.75) is 19.3 Å². The molecule has 1 fully saturated rings. The SMILES string of the molecule is C[C@@H]1C[C@@H]1c1ccc(/C=C(\C#N)C(=O)Nc2ccc(Cl)cc2Cl)o1. The predicted molar refractivity (Wildman–Crippen MR) is 93.9 cm³/mol. The monoisotopic (exact) mass is 360 g/mol. The van der Waals surface area contributed by atoms with E-state index in [1.54, 1.807) is 18.2 Å². The highest BCUT2D eigenvalue weighted by molar-refractivity contribution is 6.36. The number of carbonyl (C=O) groups excluding carboxylic acids is 1. The molecule has 0 aliphatic heterocycles. The third kappa shape index (κ3) is 3.64. The lowest BCUT2D eigenvalue weighted by molar-refractivity contribution is -0.112. The van der Waals surface area contributed by atoms with E-state index in [0.29, 0.717) is 33.3 Å². The molecule has 0 bridgehead atoms. The zero-order valence-electron chi connectivity index (χ0n) is 12.8. The van der Waals surface area contributed by atoms with Gasteiger partial charge in [0.1, 0.15) is 23.2 Å². The van der Waals surface area contributed by atoms with Crippen LogP contribution in [0.3, 0.4) is 0 Å². The Bertz CT molecular complexity index is 864. The lowest BCUT2D eigenvalue weighted by atomic mass is 10.2. The van der Waals surface area contributed by atoms with Crippen LogP contribution in [0, 0.1) is 17.2 Å². The first-order valence-electron chi connectivity index (χ1n) is 7.46. The Labute approximate surface area is 149 Å². The summed E-state index contributed by atoms with van der Waals surface area (Å²) in [6.45, 7) is 2.16. The van der Waals surface area contributed by atoms with Crippen LogP contribution in [-0.4, -0.2) is 5.91 Å². The van der Waals surface area contributed by atoms with Crippen molar-refractivity contribution in [3.8, 4) is 6.07 Å². The number of hydrogen-bond donors (Lipinski definition) is 1. The predicted octanol–water partition coefficient (Wildman–Crippen LogP) is 5.26. The number of rotatable bonds is 4. The molecule has 1 aliphatic carbocycles. The highest BCUT2D eigenvalue weighted by atomic mass is 35.5. The number of nitriles is 1. The van der Waals surface area contributed by atoms with Crippen molar-refractivity contribution < 1.29 is 9.21 Å². The van der Waals surface area contributed by atoms with Crippen molar-refractivity contribution >= 4 is 40.9 Å². The molecule has 1 heterocycles. The van der Waals surface area contributed by atoms with Gasteiger partial charge in [-0.2, -0.15) is 5.26 Å². The van der Waals surface area contributed by atoms with E-state index in [9.17, 15) is 10.1 Å². The van der Waals surface area contributed by atoms with E-state index in [0.717, 1.165) is 12.2 Å². The summed E-state index contributed by atoms with van der Waals surface area (Å²) in [5.41, 5.74) is 0.324. The van der Waals surface area contributed by atoms with Gasteiger partial charge in [0, 0.05) is 17.0 Å². The number of halogens is 2. The first kappa shape index (κ1) is 16.6. The molecule has 3 rings (SSSR count). The maximum atomic E-state index is 12.3. The summed E-state index contributed by atoms with van der Waals surface area (Å²) in [4.78, 5) is 12.3. The van der Waals surface area contributed by atoms with Crippen LogP contribution in [0.1, 0.15) is 30.8 Å². The number of nitrogens with one attached hydrogen (secondary N) is 1. The van der Waals surface area contributed by atoms with E-state index in [1.165, 1.54) is 12.1 Å². The van der Waals surface area contributed by atoms with Gasteiger partial charge in [-0.05, 0) is 42.7 Å². The van der Waals surface area contributed by atoms with Gasteiger partial charge in [0.25, 0.3) is 5.91 Å². The van der Waals surface area contributed by atoms with E-state index in [-0.39, 0.29) is 5.57 Å². The van der Waals surface area contributed by atoms with Gasteiger partial charge in [-0.3, -0.25) is 4.79 Å². The minimum atomic E-state index is -0.556. The third-order valence-electron chi connectivity index (χ3n) is 3.95. The second kappa shape index (κ2) is 6.72. The largest absolute Gasteiger partial charge is 0.461 e. The molecule has 0 spiro atoms. The summed E-state index contributed by atoms with van der Waals surface area (Å²) in [7, 11) is 0. The normalized spacial score (nSPS) is 19.7. The molecule has 1 aromatic carbocycles. The standard InChI is InChI=1S/C18H14Cl2N2O2/c1-10-6-14(10)17-5-3-13(24-17)7-11(9-21)18(23)22-16-4-2-12(19)8-15(16)20/h2-5,7-8,10,14H,6H2,1H3,(H,22,23)/b11-7+/t10-,14+/m1/s1. The van der Waals surface area contributed by atoms with E-state index in [2.05, 4.69) is 12.2 Å². The number of carbonyl (C=O) groups is 1. The van der Waals surface area contributed by atoms with Gasteiger partial charge in [-0.25, -0.2) is 0 Å². The van der Waals surface area contributed by atoms with Crippen molar-refractivity contribution in [1.82, 2.24) is 0 Å². The summed E-state index contributed by atoms with van der Waals surface area (Å²) in [6, 6.07) is 10.2. The molecule has 2 atom stereocenters. The molecule has 1 aromatic heterocycles. The number of benzene rings is 1. The van der Waals surface area contributed by atoms with Crippen LogP contribution in [0.4, 0.5) is 5.69 Å². The van der Waals surface area contributed by atoms with Crippen molar-refractivity contribution in [3.63, 3.8) is 0 Å². The summed E-state index contributed by atoms with van der Waals surface area (Å²) in [6.07, 6.45) is 2.53. The second-order valence-electron chi connectivity index (χ2n) is 5.81. The molecule has 1 amide bonds. The molecule has 6 heteroatoms. The van der Waals surface area contributed by atoms with Crippen molar-refractivity contribution in [2.24, 2.45) is 5.92 Å². The Kier molecular flexibility index (Phi) is 4.66. The molecule has 122 valence electrons. The average molecular weight is 361 g/mol. The van der Waals surface area contributed by atoms with Gasteiger partial charge in [-0.15, -0.1) is 0 Å². The Hall–Kier alpha value is -2.22. The molecule has 4 nitrogen and oxygen atoms in total. The zero-order valence-corrected chi connectivity index (χ0v) is 14.4. The van der Waals surface area contributed by atoms with Crippen LogP contribution in [0.25, 0.3) is 6.08 Å².